The third kappa shape index (κ3) is 4.66. The first kappa shape index (κ1) is 18.5. The SMILES string of the molecule is O=C1NC(=O)c2ccccc2/C1=C\NCc1cccc(NCC(F)(F)F)c1. The first-order valence-corrected chi connectivity index (χ1v) is 8.12. The van der Waals surface area contributed by atoms with Crippen LogP contribution in [0.2, 0.25) is 0 Å². The van der Waals surface area contributed by atoms with Crippen LogP contribution < -0.4 is 16.0 Å². The van der Waals surface area contributed by atoms with Crippen molar-refractivity contribution in [2.75, 3.05) is 11.9 Å². The number of hydrogen-bond donors (Lipinski definition) is 3. The Morgan fingerprint density at radius 3 is 2.44 bits per heavy atom. The molecule has 0 unspecified atom stereocenters. The second kappa shape index (κ2) is 7.53. The van der Waals surface area contributed by atoms with Crippen LogP contribution in [0.5, 0.6) is 0 Å². The Labute approximate surface area is 153 Å². The summed E-state index contributed by atoms with van der Waals surface area (Å²) in [5.74, 6) is -0.956. The predicted molar refractivity (Wildman–Crippen MR) is 94.7 cm³/mol. The molecule has 1 aliphatic rings. The molecule has 0 saturated carbocycles. The maximum absolute atomic E-state index is 12.3. The van der Waals surface area contributed by atoms with E-state index in [1.54, 1.807) is 48.5 Å². The Hall–Kier alpha value is -3.29. The molecule has 1 heterocycles. The molecule has 0 spiro atoms. The summed E-state index contributed by atoms with van der Waals surface area (Å²) in [5, 5.41) is 7.56. The lowest BCUT2D eigenvalue weighted by Crippen LogP contribution is -2.36. The molecule has 3 N–H and O–H groups in total. The number of halogens is 3. The summed E-state index contributed by atoms with van der Waals surface area (Å²) in [6.07, 6.45) is -2.80. The van der Waals surface area contributed by atoms with Gasteiger partial charge in [-0.15, -0.1) is 0 Å². The molecule has 5 nitrogen and oxygen atoms in total. The van der Waals surface area contributed by atoms with Gasteiger partial charge in [0.1, 0.15) is 6.54 Å². The molecule has 0 fully saturated rings. The molecule has 27 heavy (non-hydrogen) atoms. The van der Waals surface area contributed by atoms with Crippen molar-refractivity contribution < 1.29 is 22.8 Å². The summed E-state index contributed by atoms with van der Waals surface area (Å²) in [4.78, 5) is 23.9. The van der Waals surface area contributed by atoms with E-state index in [4.69, 9.17) is 0 Å². The van der Waals surface area contributed by atoms with Gasteiger partial charge in [-0.05, 0) is 23.8 Å². The first-order chi connectivity index (χ1) is 12.8. The fourth-order valence-corrected chi connectivity index (χ4v) is 2.68. The lowest BCUT2D eigenvalue weighted by Gasteiger charge is -2.18. The minimum atomic E-state index is -4.29. The van der Waals surface area contributed by atoms with Crippen LogP contribution >= 0.6 is 0 Å². The smallest absolute Gasteiger partial charge is 0.386 e. The van der Waals surface area contributed by atoms with Gasteiger partial charge in [0.15, 0.2) is 0 Å². The van der Waals surface area contributed by atoms with Crippen molar-refractivity contribution in [2.24, 2.45) is 0 Å². The van der Waals surface area contributed by atoms with E-state index >= 15 is 0 Å². The Bertz CT molecular complexity index is 907. The number of carbonyl (C=O) groups excluding carboxylic acids is 2. The molecule has 2 amide bonds. The number of alkyl halides is 3. The topological polar surface area (TPSA) is 70.2 Å². The normalized spacial score (nSPS) is 15.3. The van der Waals surface area contributed by atoms with Gasteiger partial charge < -0.3 is 10.6 Å². The van der Waals surface area contributed by atoms with E-state index in [0.29, 0.717) is 28.9 Å². The molecule has 1 aliphatic heterocycles. The molecule has 0 saturated heterocycles. The average Bonchev–Trinajstić information content (AvgIpc) is 2.62. The maximum atomic E-state index is 12.3. The van der Waals surface area contributed by atoms with E-state index in [1.807, 2.05) is 0 Å². The van der Waals surface area contributed by atoms with E-state index in [9.17, 15) is 22.8 Å². The van der Waals surface area contributed by atoms with Crippen molar-refractivity contribution in [3.8, 4) is 0 Å². The predicted octanol–water partition coefficient (Wildman–Crippen LogP) is 3.06. The number of anilines is 1. The summed E-state index contributed by atoms with van der Waals surface area (Å²) in [6.45, 7) is -0.812. The number of carbonyl (C=O) groups is 2. The molecule has 2 aromatic rings. The number of fused-ring (bicyclic) bond motifs is 1. The Morgan fingerprint density at radius 2 is 1.70 bits per heavy atom. The summed E-state index contributed by atoms with van der Waals surface area (Å²) >= 11 is 0. The molecule has 8 heteroatoms. The van der Waals surface area contributed by atoms with Crippen LogP contribution in [-0.2, 0) is 11.3 Å². The second-order valence-corrected chi connectivity index (χ2v) is 5.94. The summed E-state index contributed by atoms with van der Waals surface area (Å²) in [7, 11) is 0. The zero-order chi connectivity index (χ0) is 19.4. The summed E-state index contributed by atoms with van der Waals surface area (Å²) < 4.78 is 36.9. The third-order valence-electron chi connectivity index (χ3n) is 3.91. The van der Waals surface area contributed by atoms with E-state index < -0.39 is 24.5 Å². The Balaban J connectivity index is 1.70. The number of amides is 2. The highest BCUT2D eigenvalue weighted by Gasteiger charge is 2.27. The van der Waals surface area contributed by atoms with Crippen LogP contribution in [0.3, 0.4) is 0 Å². The highest BCUT2D eigenvalue weighted by molar-refractivity contribution is 6.30. The molecule has 0 atom stereocenters. The molecule has 2 aromatic carbocycles. The molecule has 0 bridgehead atoms. The first-order valence-electron chi connectivity index (χ1n) is 8.12. The molecule has 0 aromatic heterocycles. The van der Waals surface area contributed by atoms with Crippen LogP contribution in [0.15, 0.2) is 54.7 Å². The van der Waals surface area contributed by atoms with Crippen molar-refractivity contribution >= 4 is 23.1 Å². The van der Waals surface area contributed by atoms with Crippen LogP contribution in [0, 0.1) is 0 Å². The van der Waals surface area contributed by atoms with Crippen LogP contribution in [0.25, 0.3) is 5.57 Å². The molecule has 140 valence electrons. The monoisotopic (exact) mass is 375 g/mol. The zero-order valence-corrected chi connectivity index (χ0v) is 14.1. The molecular weight excluding hydrogens is 359 g/mol. The summed E-state index contributed by atoms with van der Waals surface area (Å²) in [5.41, 5.74) is 2.34. The number of nitrogens with one attached hydrogen (secondary N) is 3. The van der Waals surface area contributed by atoms with Gasteiger partial charge in [-0.25, -0.2) is 0 Å². The minimum absolute atomic E-state index is 0.300. The van der Waals surface area contributed by atoms with Gasteiger partial charge in [0.25, 0.3) is 11.8 Å². The van der Waals surface area contributed by atoms with Crippen molar-refractivity contribution in [1.82, 2.24) is 10.6 Å². The van der Waals surface area contributed by atoms with Gasteiger partial charge in [0.2, 0.25) is 0 Å². The standard InChI is InChI=1S/C19H16F3N3O2/c20-19(21,22)11-24-13-5-3-4-12(8-13)9-23-10-16-14-6-1-2-7-15(14)17(26)25-18(16)27/h1-8,10,23-24H,9,11H2,(H,25,26,27)/b16-10+. The van der Waals surface area contributed by atoms with Gasteiger partial charge in [-0.3, -0.25) is 14.9 Å². The van der Waals surface area contributed by atoms with Gasteiger partial charge >= 0.3 is 6.18 Å². The largest absolute Gasteiger partial charge is 0.405 e. The Kier molecular flexibility index (Phi) is 5.16. The second-order valence-electron chi connectivity index (χ2n) is 5.94. The number of hydrogen-bond acceptors (Lipinski definition) is 4. The van der Waals surface area contributed by atoms with Crippen molar-refractivity contribution in [1.29, 1.82) is 0 Å². The quantitative estimate of drug-likeness (QED) is 0.555. The number of benzene rings is 2. The van der Waals surface area contributed by atoms with Crippen LogP contribution in [0.4, 0.5) is 18.9 Å². The fraction of sp³-hybridized carbons (Fsp3) is 0.158. The maximum Gasteiger partial charge on any atom is 0.405 e. The fourth-order valence-electron chi connectivity index (χ4n) is 2.68. The van der Waals surface area contributed by atoms with E-state index in [2.05, 4.69) is 16.0 Å². The number of rotatable bonds is 5. The van der Waals surface area contributed by atoms with Crippen molar-refractivity contribution in [3.63, 3.8) is 0 Å². The van der Waals surface area contributed by atoms with Gasteiger partial charge in [0.05, 0.1) is 5.57 Å². The van der Waals surface area contributed by atoms with Gasteiger partial charge in [-0.1, -0.05) is 30.3 Å². The molecule has 0 radical (unpaired) electrons. The van der Waals surface area contributed by atoms with Crippen molar-refractivity contribution in [2.45, 2.75) is 12.7 Å². The third-order valence-corrected chi connectivity index (χ3v) is 3.91. The van der Waals surface area contributed by atoms with E-state index in [-0.39, 0.29) is 0 Å². The van der Waals surface area contributed by atoms with Crippen LogP contribution in [-0.4, -0.2) is 24.5 Å². The highest BCUT2D eigenvalue weighted by Crippen LogP contribution is 2.23. The minimum Gasteiger partial charge on any atom is -0.386 e. The molecule has 3 rings (SSSR count). The molecular formula is C19H16F3N3O2. The van der Waals surface area contributed by atoms with E-state index in [1.165, 1.54) is 6.20 Å². The van der Waals surface area contributed by atoms with Gasteiger partial charge in [0, 0.05) is 29.6 Å². The lowest BCUT2D eigenvalue weighted by molar-refractivity contribution is -0.115. The van der Waals surface area contributed by atoms with Crippen LogP contribution in [0.1, 0.15) is 21.5 Å². The number of imide groups is 1. The summed E-state index contributed by atoms with van der Waals surface area (Å²) in [6, 6.07) is 13.3. The highest BCUT2D eigenvalue weighted by atomic mass is 19.4. The molecule has 0 aliphatic carbocycles. The van der Waals surface area contributed by atoms with Crippen molar-refractivity contribution in [3.05, 3.63) is 71.4 Å². The average molecular weight is 375 g/mol. The zero-order valence-electron chi connectivity index (χ0n) is 14.1. The van der Waals surface area contributed by atoms with Gasteiger partial charge in [-0.2, -0.15) is 13.2 Å². The Morgan fingerprint density at radius 1 is 0.963 bits per heavy atom. The lowest BCUT2D eigenvalue weighted by atomic mass is 9.96. The van der Waals surface area contributed by atoms with E-state index in [0.717, 1.165) is 5.56 Å².